The van der Waals surface area contributed by atoms with E-state index in [0.29, 0.717) is 0 Å². The first-order chi connectivity index (χ1) is 14.1. The Bertz CT molecular complexity index is 1130. The van der Waals surface area contributed by atoms with Gasteiger partial charge in [-0.1, -0.05) is 12.1 Å². The molecule has 6 nitrogen and oxygen atoms in total. The molecule has 2 aromatic carbocycles. The molecule has 2 aliphatic rings. The minimum atomic E-state index is -3.65. The second kappa shape index (κ2) is 7.44. The molecule has 0 heterocycles. The Labute approximate surface area is 176 Å². The van der Waals surface area contributed by atoms with Gasteiger partial charge in [0.25, 0.3) is 0 Å². The van der Waals surface area contributed by atoms with Crippen LogP contribution >= 0.6 is 0 Å². The van der Waals surface area contributed by atoms with E-state index in [1.54, 1.807) is 0 Å². The van der Waals surface area contributed by atoms with E-state index in [0.717, 1.165) is 61.4 Å². The smallest absolute Gasteiger partial charge is 0.354 e. The molecular formula is C22H26FN3O3S. The number of carbonyl (C=O) groups is 1. The minimum absolute atomic E-state index is 0.0429. The molecule has 2 amide bonds. The summed E-state index contributed by atoms with van der Waals surface area (Å²) in [6, 6.07) is 5.04. The van der Waals surface area contributed by atoms with Crippen molar-refractivity contribution in [2.24, 2.45) is 9.50 Å². The fraction of sp³-hybridized carbons (Fsp3) is 0.409. The van der Waals surface area contributed by atoms with Crippen molar-refractivity contribution >= 4 is 21.6 Å². The van der Waals surface area contributed by atoms with Crippen molar-refractivity contribution in [2.45, 2.75) is 62.9 Å². The van der Waals surface area contributed by atoms with E-state index in [9.17, 15) is 18.5 Å². The molecular weight excluding hydrogens is 405 g/mol. The zero-order valence-corrected chi connectivity index (χ0v) is 17.9. The van der Waals surface area contributed by atoms with Gasteiger partial charge < -0.3 is 10.4 Å². The second-order valence-electron chi connectivity index (χ2n) is 8.52. The highest BCUT2D eigenvalue weighted by atomic mass is 32.2. The largest absolute Gasteiger partial charge is 0.386 e. The van der Waals surface area contributed by atoms with Gasteiger partial charge in [0.1, 0.15) is 15.7 Å². The highest BCUT2D eigenvalue weighted by Crippen LogP contribution is 2.38. The van der Waals surface area contributed by atoms with E-state index in [1.165, 1.54) is 37.1 Å². The van der Waals surface area contributed by atoms with Crippen LogP contribution < -0.4 is 10.5 Å². The van der Waals surface area contributed by atoms with E-state index >= 15 is 0 Å². The van der Waals surface area contributed by atoms with E-state index in [1.807, 2.05) is 0 Å². The van der Waals surface area contributed by atoms with E-state index in [4.69, 9.17) is 5.14 Å². The maximum atomic E-state index is 14.4. The number of halogens is 1. The van der Waals surface area contributed by atoms with Crippen LogP contribution in [0, 0.1) is 5.82 Å². The molecule has 2 aromatic rings. The van der Waals surface area contributed by atoms with Crippen LogP contribution in [0.1, 0.15) is 54.5 Å². The highest BCUT2D eigenvalue weighted by Gasteiger charge is 2.26. The van der Waals surface area contributed by atoms with Gasteiger partial charge >= 0.3 is 6.03 Å². The normalized spacial score (nSPS) is 17.2. The molecule has 0 bridgehead atoms. The van der Waals surface area contributed by atoms with E-state index in [2.05, 4.69) is 15.7 Å². The van der Waals surface area contributed by atoms with Crippen molar-refractivity contribution in [2.75, 3.05) is 5.32 Å². The highest BCUT2D eigenvalue weighted by molar-refractivity contribution is 7.91. The summed E-state index contributed by atoms with van der Waals surface area (Å²) in [6.45, 7) is 2.89. The summed E-state index contributed by atoms with van der Waals surface area (Å²) in [5.41, 5.74) is 4.19. The molecule has 0 radical (unpaired) electrons. The third-order valence-corrected chi connectivity index (χ3v) is 7.23. The molecule has 0 aliphatic heterocycles. The Kier molecular flexibility index (Phi) is 5.20. The van der Waals surface area contributed by atoms with Crippen LogP contribution in [0.15, 0.2) is 33.5 Å². The van der Waals surface area contributed by atoms with Crippen molar-refractivity contribution in [3.8, 4) is 0 Å². The monoisotopic (exact) mass is 431 g/mol. The Morgan fingerprint density at radius 1 is 1.13 bits per heavy atom. The quantitative estimate of drug-likeness (QED) is 0.685. The van der Waals surface area contributed by atoms with Crippen LogP contribution in [0.25, 0.3) is 0 Å². The molecule has 4 rings (SSSR count). The van der Waals surface area contributed by atoms with Gasteiger partial charge in [0.05, 0.1) is 10.5 Å². The number of aliphatic hydroxyl groups is 1. The lowest BCUT2D eigenvalue weighted by Crippen LogP contribution is -2.21. The minimum Gasteiger partial charge on any atom is -0.386 e. The van der Waals surface area contributed by atoms with Crippen LogP contribution in [0.5, 0.6) is 0 Å². The maximum Gasteiger partial charge on any atom is 0.354 e. The number of nitrogens with zero attached hydrogens (tertiary/aromatic N) is 1. The van der Waals surface area contributed by atoms with Crippen molar-refractivity contribution < 1.29 is 18.5 Å². The van der Waals surface area contributed by atoms with Gasteiger partial charge in [-0.3, -0.25) is 0 Å². The lowest BCUT2D eigenvalue weighted by Gasteiger charge is -2.19. The maximum absolute atomic E-state index is 14.4. The number of rotatable bonds is 3. The second-order valence-corrected chi connectivity index (χ2v) is 10.3. The predicted octanol–water partition coefficient (Wildman–Crippen LogP) is 3.96. The third-order valence-electron chi connectivity index (χ3n) is 5.86. The van der Waals surface area contributed by atoms with Crippen molar-refractivity contribution in [1.29, 1.82) is 0 Å². The first-order valence-electron chi connectivity index (χ1n) is 10.1. The molecule has 160 valence electrons. The van der Waals surface area contributed by atoms with Crippen molar-refractivity contribution in [3.63, 3.8) is 0 Å². The number of benzene rings is 2. The van der Waals surface area contributed by atoms with Gasteiger partial charge in [-0.25, -0.2) is 18.5 Å². The molecule has 8 heteroatoms. The average molecular weight is 432 g/mol. The lowest BCUT2D eigenvalue weighted by atomic mass is 9.98. The summed E-state index contributed by atoms with van der Waals surface area (Å²) >= 11 is 0. The Morgan fingerprint density at radius 3 is 2.27 bits per heavy atom. The van der Waals surface area contributed by atoms with Gasteiger partial charge in [-0.05, 0) is 86.8 Å². The van der Waals surface area contributed by atoms with Gasteiger partial charge in [0, 0.05) is 11.3 Å². The fourth-order valence-electron chi connectivity index (χ4n) is 4.45. The molecule has 0 spiro atoms. The lowest BCUT2D eigenvalue weighted by molar-refractivity contribution is 0.0744. The predicted molar refractivity (Wildman–Crippen MR) is 114 cm³/mol. The number of aryl methyl sites for hydroxylation is 2. The number of amides is 2. The summed E-state index contributed by atoms with van der Waals surface area (Å²) in [6.07, 6.45) is 5.84. The SMILES string of the molecule is CC(C)(O)c1ccc(S(N)(=O)=NC(=O)Nc2c3c(cc4c2CCC4)CCC3)cc1F. The molecule has 0 saturated carbocycles. The Hall–Kier alpha value is -2.29. The van der Waals surface area contributed by atoms with E-state index in [-0.39, 0.29) is 10.5 Å². The number of anilines is 1. The van der Waals surface area contributed by atoms with Gasteiger partial charge in [0.2, 0.25) is 0 Å². The van der Waals surface area contributed by atoms with Crippen LogP contribution in [0.4, 0.5) is 14.9 Å². The molecule has 1 atom stereocenters. The van der Waals surface area contributed by atoms with Gasteiger partial charge in [0.15, 0.2) is 0 Å². The number of carbonyl (C=O) groups excluding carboxylic acids is 1. The molecule has 1 unspecified atom stereocenters. The summed E-state index contributed by atoms with van der Waals surface area (Å²) in [7, 11) is -3.65. The Morgan fingerprint density at radius 2 is 1.73 bits per heavy atom. The summed E-state index contributed by atoms with van der Waals surface area (Å²) in [5, 5.41) is 18.6. The standard InChI is InChI=1S/C22H26FN3O3S/c1-22(2,28)18-10-9-15(12-19(18)23)30(24,29)26-21(27)25-20-16-7-3-5-13(16)11-14-6-4-8-17(14)20/h9-12,28H,3-8H2,1-2H3,(H3,24,25,26,27,29). The molecule has 2 aliphatic carbocycles. The fourth-order valence-corrected chi connectivity index (χ4v) is 5.38. The third kappa shape index (κ3) is 3.87. The summed E-state index contributed by atoms with van der Waals surface area (Å²) in [5.74, 6) is -0.757. The molecule has 4 N–H and O–H groups in total. The number of nitrogens with one attached hydrogen (secondary N) is 1. The van der Waals surface area contributed by atoms with Gasteiger partial charge in [-0.15, -0.1) is 4.36 Å². The first-order valence-corrected chi connectivity index (χ1v) is 11.7. The number of urea groups is 1. The molecule has 0 fully saturated rings. The van der Waals surface area contributed by atoms with Crippen LogP contribution in [0.3, 0.4) is 0 Å². The molecule has 0 saturated heterocycles. The van der Waals surface area contributed by atoms with Gasteiger partial charge in [-0.2, -0.15) is 0 Å². The first kappa shape index (κ1) is 21.0. The van der Waals surface area contributed by atoms with E-state index < -0.39 is 27.4 Å². The number of fused-ring (bicyclic) bond motifs is 2. The molecule has 30 heavy (non-hydrogen) atoms. The van der Waals surface area contributed by atoms with Crippen LogP contribution in [0.2, 0.25) is 0 Å². The topological polar surface area (TPSA) is 105 Å². The zero-order valence-electron chi connectivity index (χ0n) is 17.1. The summed E-state index contributed by atoms with van der Waals surface area (Å²) in [4.78, 5) is 12.5. The Balaban J connectivity index is 1.66. The molecule has 0 aromatic heterocycles. The van der Waals surface area contributed by atoms with Crippen molar-refractivity contribution in [3.05, 3.63) is 57.9 Å². The average Bonchev–Trinajstić information content (AvgIpc) is 3.28. The number of nitrogens with two attached hydrogens (primary N) is 1. The van der Waals surface area contributed by atoms with Crippen LogP contribution in [-0.2, 0) is 41.2 Å². The number of hydrogen-bond donors (Lipinski definition) is 3. The number of hydrogen-bond acceptors (Lipinski definition) is 3. The van der Waals surface area contributed by atoms with Crippen LogP contribution in [-0.4, -0.2) is 15.3 Å². The zero-order chi connectivity index (χ0) is 21.7. The summed E-state index contributed by atoms with van der Waals surface area (Å²) < 4.78 is 31.0. The van der Waals surface area contributed by atoms with Crippen molar-refractivity contribution in [1.82, 2.24) is 0 Å².